The van der Waals surface area contributed by atoms with E-state index in [1.165, 1.54) is 13.2 Å². The molecular weight excluding hydrogens is 356 g/mol. The summed E-state index contributed by atoms with van der Waals surface area (Å²) < 4.78 is 27.8. The molecular formula is C7H9BrN8O3S. The van der Waals surface area contributed by atoms with Gasteiger partial charge < -0.3 is 10.9 Å². The summed E-state index contributed by atoms with van der Waals surface area (Å²) in [7, 11) is -2.57. The molecule has 5 N–H and O–H groups in total. The van der Waals surface area contributed by atoms with Crippen molar-refractivity contribution in [2.75, 3.05) is 4.72 Å². The topological polar surface area (TPSA) is 164 Å². The van der Waals surface area contributed by atoms with Crippen molar-refractivity contribution >= 4 is 37.6 Å². The Morgan fingerprint density at radius 2 is 2.35 bits per heavy atom. The second kappa shape index (κ2) is 5.09. The fraction of sp³-hybridized carbons (Fsp3) is 0.143. The molecule has 0 amide bonds. The van der Waals surface area contributed by atoms with Crippen LogP contribution in [-0.2, 0) is 17.1 Å². The van der Waals surface area contributed by atoms with E-state index in [1.807, 2.05) is 0 Å². The summed E-state index contributed by atoms with van der Waals surface area (Å²) in [4.78, 5) is 0. The number of nitrogens with two attached hydrogens (primary N) is 1. The monoisotopic (exact) mass is 364 g/mol. The van der Waals surface area contributed by atoms with Crippen molar-refractivity contribution < 1.29 is 13.6 Å². The van der Waals surface area contributed by atoms with Gasteiger partial charge in [0.05, 0.1) is 11.8 Å². The Morgan fingerprint density at radius 1 is 1.65 bits per heavy atom. The third-order valence-corrected chi connectivity index (χ3v) is 4.49. The zero-order chi connectivity index (χ0) is 14.9. The second-order valence-electron chi connectivity index (χ2n) is 3.56. The normalized spacial score (nSPS) is 12.6. The summed E-state index contributed by atoms with van der Waals surface area (Å²) in [5, 5.41) is 24.4. The van der Waals surface area contributed by atoms with E-state index in [1.54, 1.807) is 0 Å². The van der Waals surface area contributed by atoms with E-state index >= 15 is 0 Å². The van der Waals surface area contributed by atoms with E-state index in [4.69, 9.17) is 10.9 Å². The molecule has 0 unspecified atom stereocenters. The lowest BCUT2D eigenvalue weighted by Crippen LogP contribution is -2.21. The van der Waals surface area contributed by atoms with Crippen molar-refractivity contribution in [1.82, 2.24) is 25.2 Å². The summed E-state index contributed by atoms with van der Waals surface area (Å²) in [5.74, 6) is -0.341. The minimum absolute atomic E-state index is 0.0478. The van der Waals surface area contributed by atoms with Crippen LogP contribution in [0.3, 0.4) is 0 Å². The Bertz CT molecular complexity index is 743. The SMILES string of the molecule is Cn1nnc(Br)c1S(=O)(=O)Nc1[nH]ncc1C(N)=NO. The van der Waals surface area contributed by atoms with Gasteiger partial charge in [-0.05, 0) is 15.9 Å². The molecule has 0 bridgehead atoms. The van der Waals surface area contributed by atoms with Gasteiger partial charge in [0.1, 0.15) is 5.82 Å². The van der Waals surface area contributed by atoms with Crippen molar-refractivity contribution in [1.29, 1.82) is 0 Å². The van der Waals surface area contributed by atoms with Gasteiger partial charge in [0.15, 0.2) is 10.4 Å². The summed E-state index contributed by atoms with van der Waals surface area (Å²) in [5.41, 5.74) is 5.50. The van der Waals surface area contributed by atoms with Gasteiger partial charge in [-0.3, -0.25) is 9.82 Å². The number of nitrogens with one attached hydrogen (secondary N) is 2. The highest BCUT2D eigenvalue weighted by atomic mass is 79.9. The minimum Gasteiger partial charge on any atom is -0.409 e. The summed E-state index contributed by atoms with van der Waals surface area (Å²) in [6.07, 6.45) is 1.21. The second-order valence-corrected chi connectivity index (χ2v) is 5.91. The number of sulfonamides is 1. The quantitative estimate of drug-likeness (QED) is 0.238. The van der Waals surface area contributed by atoms with Crippen LogP contribution in [0.1, 0.15) is 5.56 Å². The van der Waals surface area contributed by atoms with Gasteiger partial charge >= 0.3 is 0 Å². The lowest BCUT2D eigenvalue weighted by atomic mass is 10.3. The smallest absolute Gasteiger partial charge is 0.283 e. The number of aromatic nitrogens is 5. The van der Waals surface area contributed by atoms with E-state index in [2.05, 4.69) is 46.3 Å². The molecule has 20 heavy (non-hydrogen) atoms. The Balaban J connectivity index is 2.43. The fourth-order valence-electron chi connectivity index (χ4n) is 1.40. The Kier molecular flexibility index (Phi) is 3.63. The van der Waals surface area contributed by atoms with Gasteiger partial charge in [0.2, 0.25) is 5.03 Å². The van der Waals surface area contributed by atoms with Gasteiger partial charge in [-0.15, -0.1) is 5.10 Å². The van der Waals surface area contributed by atoms with Crippen molar-refractivity contribution in [3.05, 3.63) is 16.4 Å². The lowest BCUT2D eigenvalue weighted by Gasteiger charge is -2.07. The largest absolute Gasteiger partial charge is 0.409 e. The minimum atomic E-state index is -3.99. The molecule has 108 valence electrons. The highest BCUT2D eigenvalue weighted by Crippen LogP contribution is 2.21. The van der Waals surface area contributed by atoms with Crippen LogP contribution in [0, 0.1) is 0 Å². The fourth-order valence-corrected chi connectivity index (χ4v) is 3.54. The Hall–Kier alpha value is -2.15. The standard InChI is InChI=1S/C7H9BrN8O3S/c1-16-7(4(8)11-15-16)20(18,19)14-6-3(2-10-12-6)5(9)13-17/h2,17H,1H3,(H2,9,13)(H2,10,12,14). The molecule has 0 spiro atoms. The molecule has 2 aromatic heterocycles. The molecule has 0 aliphatic carbocycles. The highest BCUT2D eigenvalue weighted by Gasteiger charge is 2.26. The summed E-state index contributed by atoms with van der Waals surface area (Å²) >= 11 is 2.99. The van der Waals surface area contributed by atoms with Gasteiger partial charge in [-0.2, -0.15) is 13.5 Å². The van der Waals surface area contributed by atoms with Crippen LogP contribution in [0.25, 0.3) is 0 Å². The Morgan fingerprint density at radius 3 is 2.90 bits per heavy atom. The first-order chi connectivity index (χ1) is 9.36. The van der Waals surface area contributed by atoms with E-state index in [0.29, 0.717) is 0 Å². The molecule has 0 radical (unpaired) electrons. The average Bonchev–Trinajstić information content (AvgIpc) is 2.95. The molecule has 0 fully saturated rings. The number of hydrogen-bond acceptors (Lipinski definition) is 7. The van der Waals surface area contributed by atoms with E-state index in [9.17, 15) is 8.42 Å². The number of aromatic amines is 1. The van der Waals surface area contributed by atoms with Crippen LogP contribution >= 0.6 is 15.9 Å². The van der Waals surface area contributed by atoms with Crippen LogP contribution in [-0.4, -0.2) is 44.7 Å². The van der Waals surface area contributed by atoms with Crippen LogP contribution in [0.2, 0.25) is 0 Å². The zero-order valence-corrected chi connectivity index (χ0v) is 12.3. The first-order valence-corrected chi connectivity index (χ1v) is 7.23. The molecule has 0 aliphatic heterocycles. The Labute approximate surface area is 121 Å². The third kappa shape index (κ3) is 2.44. The molecule has 11 nitrogen and oxygen atoms in total. The molecule has 0 atom stereocenters. The van der Waals surface area contributed by atoms with Crippen LogP contribution < -0.4 is 10.5 Å². The number of amidine groups is 1. The first-order valence-electron chi connectivity index (χ1n) is 4.96. The van der Waals surface area contributed by atoms with Crippen LogP contribution in [0.4, 0.5) is 5.82 Å². The van der Waals surface area contributed by atoms with Crippen molar-refractivity contribution in [2.45, 2.75) is 5.03 Å². The zero-order valence-electron chi connectivity index (χ0n) is 9.94. The van der Waals surface area contributed by atoms with Crippen molar-refractivity contribution in [2.24, 2.45) is 17.9 Å². The first kappa shape index (κ1) is 14.3. The third-order valence-electron chi connectivity index (χ3n) is 2.25. The number of nitrogens with zero attached hydrogens (tertiary/aromatic N) is 5. The average molecular weight is 365 g/mol. The van der Waals surface area contributed by atoms with Gasteiger partial charge in [-0.25, -0.2) is 4.68 Å². The molecule has 0 saturated carbocycles. The maximum absolute atomic E-state index is 12.2. The lowest BCUT2D eigenvalue weighted by molar-refractivity contribution is 0.318. The summed E-state index contributed by atoms with van der Waals surface area (Å²) in [6.45, 7) is 0. The van der Waals surface area contributed by atoms with Gasteiger partial charge in [-0.1, -0.05) is 10.4 Å². The number of oxime groups is 1. The molecule has 0 aromatic carbocycles. The molecule has 13 heteroatoms. The van der Waals surface area contributed by atoms with E-state index < -0.39 is 10.0 Å². The van der Waals surface area contributed by atoms with Gasteiger partial charge in [0, 0.05) is 7.05 Å². The highest BCUT2D eigenvalue weighted by molar-refractivity contribution is 9.10. The maximum atomic E-state index is 12.2. The van der Waals surface area contributed by atoms with Crippen LogP contribution in [0.5, 0.6) is 0 Å². The summed E-state index contributed by atoms with van der Waals surface area (Å²) in [6, 6.07) is 0. The predicted molar refractivity (Wildman–Crippen MR) is 70.6 cm³/mol. The van der Waals surface area contributed by atoms with Crippen molar-refractivity contribution in [3.8, 4) is 0 Å². The molecule has 2 heterocycles. The number of halogens is 1. The number of H-pyrrole nitrogens is 1. The molecule has 2 aromatic rings. The van der Waals surface area contributed by atoms with E-state index in [-0.39, 0.29) is 26.8 Å². The van der Waals surface area contributed by atoms with Crippen molar-refractivity contribution in [3.63, 3.8) is 0 Å². The van der Waals surface area contributed by atoms with E-state index in [0.717, 1.165) is 4.68 Å². The molecule has 0 saturated heterocycles. The number of hydrogen-bond donors (Lipinski definition) is 4. The predicted octanol–water partition coefficient (Wildman–Crippen LogP) is -0.804. The van der Waals surface area contributed by atoms with Crippen LogP contribution in [0.15, 0.2) is 21.0 Å². The number of rotatable bonds is 4. The molecule has 2 rings (SSSR count). The maximum Gasteiger partial charge on any atom is 0.283 e. The van der Waals surface area contributed by atoms with Gasteiger partial charge in [0.25, 0.3) is 10.0 Å². The molecule has 0 aliphatic rings. The number of anilines is 1. The number of aryl methyl sites for hydroxylation is 1.